The molecule has 0 saturated carbocycles. The Labute approximate surface area is 136 Å². The maximum Gasteiger partial charge on any atom is 0.404 e. The Bertz CT molecular complexity index is 813. The van der Waals surface area contributed by atoms with Gasteiger partial charge >= 0.3 is 11.8 Å². The van der Waals surface area contributed by atoms with Crippen molar-refractivity contribution in [2.45, 2.75) is 6.54 Å². The Morgan fingerprint density at radius 2 is 2.09 bits per heavy atom. The fourth-order valence-electron chi connectivity index (χ4n) is 1.64. The van der Waals surface area contributed by atoms with E-state index in [-0.39, 0.29) is 0 Å². The molecule has 1 aromatic carbocycles. The van der Waals surface area contributed by atoms with Gasteiger partial charge in [0.15, 0.2) is 0 Å². The van der Waals surface area contributed by atoms with Gasteiger partial charge in [0.25, 0.3) is 6.08 Å². The standard InChI is InChI=1S/C12H10BrF2N5O3/c13-8-2-1-3-9(4-8)20-12(22)19(17-18-20)5-7(10(14)15)6-23-11(16)21/h1-4H,5-6H2,(H2,16,21). The zero-order chi connectivity index (χ0) is 17.0. The monoisotopic (exact) mass is 389 g/mol. The van der Waals surface area contributed by atoms with Gasteiger partial charge in [0.1, 0.15) is 6.61 Å². The molecule has 23 heavy (non-hydrogen) atoms. The molecule has 0 atom stereocenters. The van der Waals surface area contributed by atoms with Crippen molar-refractivity contribution < 1.29 is 18.3 Å². The molecule has 1 amide bonds. The van der Waals surface area contributed by atoms with Gasteiger partial charge in [-0.1, -0.05) is 22.0 Å². The summed E-state index contributed by atoms with van der Waals surface area (Å²) in [5.74, 6) is 0. The van der Waals surface area contributed by atoms with Gasteiger partial charge in [-0.3, -0.25) is 0 Å². The van der Waals surface area contributed by atoms with Crippen LogP contribution in [0.15, 0.2) is 45.2 Å². The van der Waals surface area contributed by atoms with Crippen LogP contribution in [-0.2, 0) is 11.3 Å². The fourth-order valence-corrected chi connectivity index (χ4v) is 2.03. The molecule has 0 unspecified atom stereocenters. The molecule has 1 aromatic heterocycles. The van der Waals surface area contributed by atoms with Gasteiger partial charge in [-0.25, -0.2) is 9.59 Å². The molecule has 0 aliphatic rings. The highest BCUT2D eigenvalue weighted by Crippen LogP contribution is 2.13. The average molecular weight is 390 g/mol. The number of aromatic nitrogens is 4. The number of carbonyl (C=O) groups is 1. The highest BCUT2D eigenvalue weighted by Gasteiger charge is 2.15. The third-order valence-electron chi connectivity index (χ3n) is 2.69. The van der Waals surface area contributed by atoms with Crippen molar-refractivity contribution in [2.24, 2.45) is 5.73 Å². The fraction of sp³-hybridized carbons (Fsp3) is 0.167. The number of primary amides is 1. The van der Waals surface area contributed by atoms with Gasteiger partial charge in [0.05, 0.1) is 17.8 Å². The number of tetrazole rings is 1. The van der Waals surface area contributed by atoms with Crippen molar-refractivity contribution in [2.75, 3.05) is 6.61 Å². The first-order valence-electron chi connectivity index (χ1n) is 6.12. The quantitative estimate of drug-likeness (QED) is 0.832. The zero-order valence-corrected chi connectivity index (χ0v) is 13.0. The molecule has 2 rings (SSSR count). The first-order valence-corrected chi connectivity index (χ1v) is 6.92. The zero-order valence-electron chi connectivity index (χ0n) is 11.4. The van der Waals surface area contributed by atoms with Crippen LogP contribution in [0.25, 0.3) is 5.69 Å². The number of nitrogens with zero attached hydrogens (tertiary/aromatic N) is 4. The number of nitrogens with two attached hydrogens (primary N) is 1. The van der Waals surface area contributed by atoms with Crippen molar-refractivity contribution in [3.63, 3.8) is 0 Å². The maximum atomic E-state index is 12.8. The first kappa shape index (κ1) is 16.8. The molecule has 0 saturated heterocycles. The molecule has 2 aromatic rings. The van der Waals surface area contributed by atoms with Crippen LogP contribution >= 0.6 is 15.9 Å². The van der Waals surface area contributed by atoms with Crippen LogP contribution in [0.5, 0.6) is 0 Å². The number of amides is 1. The van der Waals surface area contributed by atoms with Gasteiger partial charge < -0.3 is 10.5 Å². The van der Waals surface area contributed by atoms with Crippen molar-refractivity contribution in [3.05, 3.63) is 50.9 Å². The van der Waals surface area contributed by atoms with Crippen LogP contribution < -0.4 is 11.4 Å². The van der Waals surface area contributed by atoms with Crippen LogP contribution in [0.4, 0.5) is 13.6 Å². The number of hydrogen-bond donors (Lipinski definition) is 1. The lowest BCUT2D eigenvalue weighted by molar-refractivity contribution is 0.163. The number of benzene rings is 1. The first-order chi connectivity index (χ1) is 10.9. The summed E-state index contributed by atoms with van der Waals surface area (Å²) < 4.78 is 32.3. The van der Waals surface area contributed by atoms with Gasteiger partial charge in [0.2, 0.25) is 0 Å². The summed E-state index contributed by atoms with van der Waals surface area (Å²) in [6, 6.07) is 6.65. The molecule has 0 fully saturated rings. The molecular weight excluding hydrogens is 380 g/mol. The lowest BCUT2D eigenvalue weighted by Crippen LogP contribution is -2.26. The minimum atomic E-state index is -2.09. The largest absolute Gasteiger partial charge is 0.445 e. The second-order valence-corrected chi connectivity index (χ2v) is 5.20. The molecule has 122 valence electrons. The SMILES string of the molecule is NC(=O)OCC(Cn1nnn(-c2cccc(Br)c2)c1=O)=C(F)F. The summed E-state index contributed by atoms with van der Waals surface area (Å²) in [5.41, 5.74) is 3.81. The molecule has 8 nitrogen and oxygen atoms in total. The van der Waals surface area contributed by atoms with Gasteiger partial charge in [-0.15, -0.1) is 0 Å². The molecule has 0 spiro atoms. The number of rotatable bonds is 5. The van der Waals surface area contributed by atoms with E-state index in [4.69, 9.17) is 5.73 Å². The summed E-state index contributed by atoms with van der Waals surface area (Å²) >= 11 is 3.25. The topological polar surface area (TPSA) is 105 Å². The predicted molar refractivity (Wildman–Crippen MR) is 78.1 cm³/mol. The molecule has 0 aliphatic carbocycles. The van der Waals surface area contributed by atoms with Crippen LogP contribution in [0.3, 0.4) is 0 Å². The molecule has 11 heteroatoms. The normalized spacial score (nSPS) is 10.4. The lowest BCUT2D eigenvalue weighted by Gasteiger charge is -2.05. The molecule has 0 aliphatic heterocycles. The Kier molecular flexibility index (Phi) is 5.21. The van der Waals surface area contributed by atoms with Crippen LogP contribution in [0.2, 0.25) is 0 Å². The van der Waals surface area contributed by atoms with Crippen molar-refractivity contribution in [3.8, 4) is 5.69 Å². The lowest BCUT2D eigenvalue weighted by atomic mass is 10.3. The van der Waals surface area contributed by atoms with E-state index in [9.17, 15) is 18.4 Å². The van der Waals surface area contributed by atoms with Crippen molar-refractivity contribution in [1.82, 2.24) is 19.8 Å². The van der Waals surface area contributed by atoms with Crippen molar-refractivity contribution >= 4 is 22.0 Å². The number of halogens is 3. The third-order valence-corrected chi connectivity index (χ3v) is 3.18. The average Bonchev–Trinajstić information content (AvgIpc) is 2.84. The van der Waals surface area contributed by atoms with E-state index in [1.165, 1.54) is 0 Å². The van der Waals surface area contributed by atoms with Crippen LogP contribution in [0, 0.1) is 0 Å². The Morgan fingerprint density at radius 1 is 1.35 bits per heavy atom. The summed E-state index contributed by atoms with van der Waals surface area (Å²) in [5, 5.41) is 7.16. The van der Waals surface area contributed by atoms with E-state index < -0.39 is 36.6 Å². The second kappa shape index (κ2) is 7.13. The molecule has 1 heterocycles. The maximum absolute atomic E-state index is 12.8. The van der Waals surface area contributed by atoms with E-state index in [0.29, 0.717) is 10.2 Å². The Hall–Kier alpha value is -2.56. The van der Waals surface area contributed by atoms with E-state index >= 15 is 0 Å². The van der Waals surface area contributed by atoms with Crippen LogP contribution in [-0.4, -0.2) is 32.5 Å². The Balaban J connectivity index is 2.27. The van der Waals surface area contributed by atoms with Gasteiger partial charge in [-0.2, -0.15) is 18.1 Å². The summed E-state index contributed by atoms with van der Waals surface area (Å²) in [4.78, 5) is 22.7. The summed E-state index contributed by atoms with van der Waals surface area (Å²) in [6.45, 7) is -1.32. The molecule has 0 radical (unpaired) electrons. The highest BCUT2D eigenvalue weighted by atomic mass is 79.9. The predicted octanol–water partition coefficient (Wildman–Crippen LogP) is 1.44. The minimum Gasteiger partial charge on any atom is -0.445 e. The smallest absolute Gasteiger partial charge is 0.404 e. The molecule has 0 bridgehead atoms. The van der Waals surface area contributed by atoms with Crippen LogP contribution in [0.1, 0.15) is 0 Å². The second-order valence-electron chi connectivity index (χ2n) is 4.28. The highest BCUT2D eigenvalue weighted by molar-refractivity contribution is 9.10. The third kappa shape index (κ3) is 4.22. The van der Waals surface area contributed by atoms with E-state index in [2.05, 4.69) is 31.1 Å². The number of carbonyl (C=O) groups excluding carboxylic acids is 1. The van der Waals surface area contributed by atoms with Crippen molar-refractivity contribution in [1.29, 1.82) is 0 Å². The molecular formula is C12H10BrF2N5O3. The summed E-state index contributed by atoms with van der Waals surface area (Å²) in [6.07, 6.45) is -3.29. The Morgan fingerprint density at radius 3 is 2.70 bits per heavy atom. The van der Waals surface area contributed by atoms with Gasteiger partial charge in [-0.05, 0) is 28.6 Å². The number of hydrogen-bond acceptors (Lipinski definition) is 5. The number of ether oxygens (including phenoxy) is 1. The minimum absolute atomic E-state index is 0.412. The van der Waals surface area contributed by atoms with E-state index in [0.717, 1.165) is 9.36 Å². The molecule has 2 N–H and O–H groups in total. The van der Waals surface area contributed by atoms with Gasteiger partial charge in [0, 0.05) is 4.47 Å². The van der Waals surface area contributed by atoms with E-state index in [1.807, 2.05) is 0 Å². The summed E-state index contributed by atoms with van der Waals surface area (Å²) in [7, 11) is 0. The van der Waals surface area contributed by atoms with E-state index in [1.54, 1.807) is 24.3 Å².